The van der Waals surface area contributed by atoms with Gasteiger partial charge in [-0.3, -0.25) is 4.79 Å². The maximum Gasteiger partial charge on any atom is 0.319 e. The molecule has 0 spiro atoms. The van der Waals surface area contributed by atoms with Crippen LogP contribution in [0.25, 0.3) is 0 Å². The van der Waals surface area contributed by atoms with E-state index in [1.165, 1.54) is 6.92 Å². The number of nitrogens with zero attached hydrogens (tertiary/aromatic N) is 1. The first-order chi connectivity index (χ1) is 8.38. The Kier molecular flexibility index (Phi) is 2.35. The van der Waals surface area contributed by atoms with E-state index in [2.05, 4.69) is 0 Å². The summed E-state index contributed by atoms with van der Waals surface area (Å²) in [5.74, 6) is -2.28. The lowest BCUT2D eigenvalue weighted by Crippen LogP contribution is -2.27. The molecule has 16 heavy (non-hydrogen) atoms. The molecule has 1 fully saturated rings. The van der Waals surface area contributed by atoms with Crippen LogP contribution < -0.4 is 5.56 Å². The molecule has 0 aromatic carbocycles. The van der Waals surface area contributed by atoms with Gasteiger partial charge in [0.25, 0.3) is 0 Å². The molecular weight excluding hydrogens is 209 g/mol. The molecule has 88 valence electrons. The van der Waals surface area contributed by atoms with Gasteiger partial charge >= 0.3 is 5.56 Å². The average molecular weight is 227 g/mol. The Balaban J connectivity index is 2.67. The van der Waals surface area contributed by atoms with Crippen molar-refractivity contribution < 1.29 is 12.3 Å². The van der Waals surface area contributed by atoms with Crippen LogP contribution in [-0.2, 0) is 0 Å². The molecule has 4 heteroatoms. The molecule has 2 rings (SSSR count). The maximum atomic E-state index is 13.4. The molecule has 3 nitrogen and oxygen atoms in total. The van der Waals surface area contributed by atoms with E-state index in [4.69, 9.17) is 2.74 Å². The van der Waals surface area contributed by atoms with Gasteiger partial charge in [-0.15, -0.1) is 4.73 Å². The van der Waals surface area contributed by atoms with Gasteiger partial charge in [-0.25, -0.2) is 4.39 Å². The molecule has 0 amide bonds. The largest absolute Gasteiger partial charge is 0.425 e. The Morgan fingerprint density at radius 1 is 1.56 bits per heavy atom. The van der Waals surface area contributed by atoms with Crippen molar-refractivity contribution in [3.8, 4) is 0 Å². The van der Waals surface area contributed by atoms with E-state index < -0.39 is 17.3 Å². The van der Waals surface area contributed by atoms with E-state index >= 15 is 0 Å². The topological polar surface area (TPSA) is 42.2 Å². The number of rotatable bonds is 1. The Bertz CT molecular complexity index is 536. The van der Waals surface area contributed by atoms with Gasteiger partial charge < -0.3 is 5.21 Å². The fourth-order valence-corrected chi connectivity index (χ4v) is 2.09. The van der Waals surface area contributed by atoms with E-state index in [0.717, 1.165) is 19.3 Å². The summed E-state index contributed by atoms with van der Waals surface area (Å²) in [6.07, 6.45) is 3.58. The standard InChI is InChI=1S/C12H16FNO2/c1-8-7-10(9-5-3-2-4-6-9)14(16)12(15)11(8)13/h7,9,16H,2-6H2,1H3/i7D,9D. The zero-order valence-electron chi connectivity index (χ0n) is 11.2. The van der Waals surface area contributed by atoms with Crippen LogP contribution in [-0.4, -0.2) is 9.94 Å². The van der Waals surface area contributed by atoms with Gasteiger partial charge in [-0.2, -0.15) is 0 Å². The molecule has 0 radical (unpaired) electrons. The van der Waals surface area contributed by atoms with Gasteiger partial charge in [0.2, 0.25) is 0 Å². The van der Waals surface area contributed by atoms with Crippen molar-refractivity contribution >= 4 is 0 Å². The SMILES string of the molecule is [2H]c1c(C)c(F)c(=O)n(O)c1C1([2H])CCCCC1. The van der Waals surface area contributed by atoms with Crippen LogP contribution in [0.4, 0.5) is 4.39 Å². The van der Waals surface area contributed by atoms with E-state index in [9.17, 15) is 14.4 Å². The van der Waals surface area contributed by atoms with Crippen LogP contribution >= 0.6 is 0 Å². The second-order valence-electron chi connectivity index (χ2n) is 4.19. The van der Waals surface area contributed by atoms with Gasteiger partial charge in [0.15, 0.2) is 5.82 Å². The smallest absolute Gasteiger partial charge is 0.319 e. The lowest BCUT2D eigenvalue weighted by Gasteiger charge is -2.23. The van der Waals surface area contributed by atoms with Crippen LogP contribution in [0.1, 0.15) is 52.0 Å². The summed E-state index contributed by atoms with van der Waals surface area (Å²) in [6, 6.07) is -0.244. The molecular formula is C12H16FNO2. The first-order valence-electron chi connectivity index (χ1n) is 6.50. The van der Waals surface area contributed by atoms with Crippen molar-refractivity contribution in [1.82, 2.24) is 4.73 Å². The predicted molar refractivity (Wildman–Crippen MR) is 58.4 cm³/mol. The number of hydrogen-bond acceptors (Lipinski definition) is 2. The van der Waals surface area contributed by atoms with Crippen molar-refractivity contribution in [3.63, 3.8) is 0 Å². The monoisotopic (exact) mass is 227 g/mol. The number of aromatic nitrogens is 1. The highest BCUT2D eigenvalue weighted by atomic mass is 19.1. The number of hydrogen-bond donors (Lipinski definition) is 1. The maximum absolute atomic E-state index is 13.4. The van der Waals surface area contributed by atoms with Crippen LogP contribution in [0.2, 0.25) is 0 Å². The summed E-state index contributed by atoms with van der Waals surface area (Å²) in [5, 5.41) is 9.73. The van der Waals surface area contributed by atoms with Crippen molar-refractivity contribution in [1.29, 1.82) is 0 Å². The zero-order chi connectivity index (χ0) is 13.5. The third-order valence-electron chi connectivity index (χ3n) is 3.02. The Hall–Kier alpha value is -1.32. The summed E-state index contributed by atoms with van der Waals surface area (Å²) < 4.78 is 29.8. The van der Waals surface area contributed by atoms with Crippen molar-refractivity contribution in [3.05, 3.63) is 33.5 Å². The molecule has 1 N–H and O–H groups in total. The van der Waals surface area contributed by atoms with Gasteiger partial charge in [0, 0.05) is 7.26 Å². The molecule has 1 aromatic heterocycles. The third kappa shape index (κ3) is 1.84. The van der Waals surface area contributed by atoms with Crippen LogP contribution in [0.3, 0.4) is 0 Å². The van der Waals surface area contributed by atoms with Crippen molar-refractivity contribution in [2.75, 3.05) is 0 Å². The fourth-order valence-electron chi connectivity index (χ4n) is 2.09. The predicted octanol–water partition coefficient (Wildman–Crippen LogP) is 2.58. The third-order valence-corrected chi connectivity index (χ3v) is 3.02. The molecule has 0 aliphatic heterocycles. The zero-order valence-corrected chi connectivity index (χ0v) is 9.22. The molecule has 1 heterocycles. The van der Waals surface area contributed by atoms with Gasteiger partial charge in [0.1, 0.15) is 0 Å². The normalized spacial score (nSPS) is 21.4. The Morgan fingerprint density at radius 2 is 2.19 bits per heavy atom. The summed E-state index contributed by atoms with van der Waals surface area (Å²) in [5.41, 5.74) is -1.35. The highest BCUT2D eigenvalue weighted by Gasteiger charge is 2.21. The minimum absolute atomic E-state index is 0.0777. The highest BCUT2D eigenvalue weighted by molar-refractivity contribution is 5.20. The Morgan fingerprint density at radius 3 is 2.81 bits per heavy atom. The fraction of sp³-hybridized carbons (Fsp3) is 0.583. The minimum atomic E-state index is -1.17. The summed E-state index contributed by atoms with van der Waals surface area (Å²) >= 11 is 0. The van der Waals surface area contributed by atoms with Gasteiger partial charge in [0.05, 0.1) is 7.06 Å². The lowest BCUT2D eigenvalue weighted by molar-refractivity contribution is 0.152. The van der Waals surface area contributed by atoms with Crippen molar-refractivity contribution in [2.45, 2.75) is 44.9 Å². The first-order valence-corrected chi connectivity index (χ1v) is 5.50. The van der Waals surface area contributed by atoms with E-state index in [0.29, 0.717) is 12.8 Å². The number of pyridine rings is 1. The van der Waals surface area contributed by atoms with Crippen LogP contribution in [0.5, 0.6) is 0 Å². The van der Waals surface area contributed by atoms with E-state index in [1.54, 1.807) is 0 Å². The van der Waals surface area contributed by atoms with Gasteiger partial charge in [-0.05, 0) is 31.4 Å². The van der Waals surface area contributed by atoms with Gasteiger partial charge in [-0.1, -0.05) is 19.3 Å². The molecule has 0 atom stereocenters. The van der Waals surface area contributed by atoms with E-state index in [1.807, 2.05) is 0 Å². The summed E-state index contributed by atoms with van der Waals surface area (Å²) in [7, 11) is 0. The summed E-state index contributed by atoms with van der Waals surface area (Å²) in [4.78, 5) is 11.5. The first kappa shape index (κ1) is 8.79. The van der Waals surface area contributed by atoms with E-state index in [-0.39, 0.29) is 22.0 Å². The van der Waals surface area contributed by atoms with Crippen LogP contribution in [0.15, 0.2) is 10.8 Å². The minimum Gasteiger partial charge on any atom is -0.425 e. The summed E-state index contributed by atoms with van der Waals surface area (Å²) in [6.45, 7) is 1.33. The molecule has 0 bridgehead atoms. The highest BCUT2D eigenvalue weighted by Crippen LogP contribution is 2.32. The lowest BCUT2D eigenvalue weighted by atomic mass is 9.86. The average Bonchev–Trinajstić information content (AvgIpc) is 2.35. The molecule has 1 aromatic rings. The quantitative estimate of drug-likeness (QED) is 0.749. The molecule has 1 aliphatic rings. The van der Waals surface area contributed by atoms with Crippen LogP contribution in [0, 0.1) is 12.7 Å². The van der Waals surface area contributed by atoms with Crippen molar-refractivity contribution in [2.24, 2.45) is 0 Å². The molecule has 0 saturated heterocycles. The second kappa shape index (κ2) is 4.28. The molecule has 1 saturated carbocycles. The second-order valence-corrected chi connectivity index (χ2v) is 4.19. The molecule has 1 aliphatic carbocycles. The Labute approximate surface area is 96.3 Å². The molecule has 0 unspecified atom stereocenters. The number of halogens is 1.